The highest BCUT2D eigenvalue weighted by molar-refractivity contribution is 5.81. The van der Waals surface area contributed by atoms with E-state index in [1.165, 1.54) is 12.5 Å². The minimum absolute atomic E-state index is 0.192. The number of allylic oxidation sites excluding steroid dienone is 3. The Balaban J connectivity index is 1.47. The largest absolute Gasteiger partial charge is 0.460 e. The molecule has 5 unspecified atom stereocenters. The molecule has 0 radical (unpaired) electrons. The molecule has 3 aliphatic rings. The van der Waals surface area contributed by atoms with Gasteiger partial charge in [0.15, 0.2) is 0 Å². The van der Waals surface area contributed by atoms with E-state index < -0.39 is 0 Å². The van der Waals surface area contributed by atoms with Gasteiger partial charge < -0.3 is 9.47 Å². The molecule has 0 aliphatic heterocycles. The molecule has 0 aromatic rings. The monoisotopic (exact) mass is 246 g/mol. The van der Waals surface area contributed by atoms with E-state index in [1.54, 1.807) is 0 Å². The number of carbonyl (C=O) groups is 1. The second kappa shape index (κ2) is 4.73. The molecule has 0 N–H and O–H groups in total. The third-order valence-corrected chi connectivity index (χ3v) is 4.29. The lowest BCUT2D eigenvalue weighted by Crippen LogP contribution is -2.27. The molecular formula is C15H18O3. The third kappa shape index (κ3) is 1.93. The number of ether oxygens (including phenoxy) is 2. The van der Waals surface area contributed by atoms with Gasteiger partial charge in [0.25, 0.3) is 0 Å². The van der Waals surface area contributed by atoms with E-state index in [1.807, 2.05) is 0 Å². The Labute approximate surface area is 107 Å². The summed E-state index contributed by atoms with van der Waals surface area (Å²) in [7, 11) is 0. The number of fused-ring (bicyclic) bond motifs is 5. The summed E-state index contributed by atoms with van der Waals surface area (Å²) in [5, 5.41) is 0. The van der Waals surface area contributed by atoms with Gasteiger partial charge in [-0.2, -0.15) is 0 Å². The van der Waals surface area contributed by atoms with Crippen molar-refractivity contribution in [3.63, 3.8) is 0 Å². The molecule has 3 rings (SSSR count). The molecule has 0 saturated heterocycles. The molecular weight excluding hydrogens is 228 g/mol. The fourth-order valence-corrected chi connectivity index (χ4v) is 3.55. The van der Waals surface area contributed by atoms with Crippen molar-refractivity contribution >= 4 is 5.97 Å². The first-order valence-electron chi connectivity index (χ1n) is 6.57. The Morgan fingerprint density at radius 3 is 2.89 bits per heavy atom. The van der Waals surface area contributed by atoms with Gasteiger partial charge in [-0.25, -0.2) is 4.79 Å². The molecule has 3 aliphatic carbocycles. The molecule has 0 aromatic carbocycles. The fourth-order valence-electron chi connectivity index (χ4n) is 3.55. The zero-order valence-corrected chi connectivity index (χ0v) is 10.3. The van der Waals surface area contributed by atoms with Gasteiger partial charge in [0, 0.05) is 12.0 Å². The van der Waals surface area contributed by atoms with Crippen molar-refractivity contribution in [2.24, 2.45) is 23.7 Å². The van der Waals surface area contributed by atoms with Crippen LogP contribution in [0.25, 0.3) is 0 Å². The summed E-state index contributed by atoms with van der Waals surface area (Å²) in [5.74, 6) is 2.29. The minimum atomic E-state index is -0.388. The SMILES string of the molecule is C=CC(=O)OCCOC1C=CC2C3C=CC(C3)C12. The molecule has 0 heterocycles. The Bertz CT molecular complexity index is 410. The second-order valence-electron chi connectivity index (χ2n) is 5.19. The van der Waals surface area contributed by atoms with Crippen molar-refractivity contribution < 1.29 is 14.3 Å². The zero-order chi connectivity index (χ0) is 12.5. The lowest BCUT2D eigenvalue weighted by atomic mass is 9.84. The van der Waals surface area contributed by atoms with E-state index >= 15 is 0 Å². The van der Waals surface area contributed by atoms with Gasteiger partial charge in [-0.1, -0.05) is 30.9 Å². The van der Waals surface area contributed by atoms with Crippen molar-refractivity contribution in [1.29, 1.82) is 0 Å². The van der Waals surface area contributed by atoms with E-state index in [4.69, 9.17) is 9.47 Å². The van der Waals surface area contributed by atoms with Crippen molar-refractivity contribution in [2.75, 3.05) is 13.2 Å². The van der Waals surface area contributed by atoms with E-state index in [9.17, 15) is 4.79 Å². The molecule has 18 heavy (non-hydrogen) atoms. The molecule has 5 atom stereocenters. The summed E-state index contributed by atoms with van der Waals surface area (Å²) < 4.78 is 10.7. The van der Waals surface area contributed by atoms with Crippen molar-refractivity contribution in [1.82, 2.24) is 0 Å². The number of hydrogen-bond donors (Lipinski definition) is 0. The first-order chi connectivity index (χ1) is 8.79. The summed E-state index contributed by atoms with van der Waals surface area (Å²) in [4.78, 5) is 10.9. The van der Waals surface area contributed by atoms with Gasteiger partial charge in [-0.15, -0.1) is 0 Å². The van der Waals surface area contributed by atoms with Crippen LogP contribution in [-0.4, -0.2) is 25.3 Å². The highest BCUT2D eigenvalue weighted by Gasteiger charge is 2.49. The predicted octanol–water partition coefficient (Wildman–Crippen LogP) is 2.11. The smallest absolute Gasteiger partial charge is 0.330 e. The summed E-state index contributed by atoms with van der Waals surface area (Å²) in [6, 6.07) is 0. The van der Waals surface area contributed by atoms with Gasteiger partial charge in [0.2, 0.25) is 0 Å². The number of esters is 1. The lowest BCUT2D eigenvalue weighted by Gasteiger charge is -2.26. The van der Waals surface area contributed by atoms with Crippen LogP contribution in [0.1, 0.15) is 6.42 Å². The molecule has 96 valence electrons. The number of carbonyl (C=O) groups excluding carboxylic acids is 1. The van der Waals surface area contributed by atoms with Gasteiger partial charge in [-0.3, -0.25) is 0 Å². The zero-order valence-electron chi connectivity index (χ0n) is 10.3. The quantitative estimate of drug-likeness (QED) is 0.322. The Morgan fingerprint density at radius 2 is 2.06 bits per heavy atom. The van der Waals surface area contributed by atoms with Crippen LogP contribution in [0, 0.1) is 23.7 Å². The molecule has 2 bridgehead atoms. The minimum Gasteiger partial charge on any atom is -0.460 e. The van der Waals surface area contributed by atoms with Gasteiger partial charge >= 0.3 is 5.97 Å². The molecule has 0 spiro atoms. The van der Waals surface area contributed by atoms with Crippen LogP contribution >= 0.6 is 0 Å². The average Bonchev–Trinajstić information content (AvgIpc) is 3.06. The standard InChI is InChI=1S/C15H18O3/c1-2-14(16)18-8-7-17-13-6-5-12-10-3-4-11(9-10)15(12)13/h2-6,10-13,15H,1,7-9H2. The van der Waals surface area contributed by atoms with Crippen molar-refractivity contribution in [3.8, 4) is 0 Å². The Hall–Kier alpha value is -1.35. The first-order valence-corrected chi connectivity index (χ1v) is 6.57. The van der Waals surface area contributed by atoms with Crippen LogP contribution in [0.5, 0.6) is 0 Å². The normalized spacial score (nSPS) is 39.0. The first kappa shape index (κ1) is 11.7. The van der Waals surface area contributed by atoms with E-state index in [2.05, 4.69) is 30.9 Å². The van der Waals surface area contributed by atoms with E-state index in [0.717, 1.165) is 5.92 Å². The van der Waals surface area contributed by atoms with Gasteiger partial charge in [0.1, 0.15) is 6.61 Å². The van der Waals surface area contributed by atoms with Crippen molar-refractivity contribution in [2.45, 2.75) is 12.5 Å². The van der Waals surface area contributed by atoms with Gasteiger partial charge in [-0.05, 0) is 24.2 Å². The molecule has 3 nitrogen and oxygen atoms in total. The van der Waals surface area contributed by atoms with Crippen LogP contribution in [0.15, 0.2) is 37.0 Å². The third-order valence-electron chi connectivity index (χ3n) is 4.29. The second-order valence-corrected chi connectivity index (χ2v) is 5.19. The summed E-state index contributed by atoms with van der Waals surface area (Å²) in [6.07, 6.45) is 11.8. The molecule has 1 saturated carbocycles. The summed E-state index contributed by atoms with van der Waals surface area (Å²) >= 11 is 0. The van der Waals surface area contributed by atoms with Crippen LogP contribution in [0.3, 0.4) is 0 Å². The maximum absolute atomic E-state index is 10.9. The topological polar surface area (TPSA) is 35.5 Å². The predicted molar refractivity (Wildman–Crippen MR) is 67.8 cm³/mol. The average molecular weight is 246 g/mol. The highest BCUT2D eigenvalue weighted by Crippen LogP contribution is 2.53. The fraction of sp³-hybridized carbons (Fsp3) is 0.533. The number of rotatable bonds is 5. The molecule has 0 aromatic heterocycles. The highest BCUT2D eigenvalue weighted by atomic mass is 16.6. The molecule has 0 amide bonds. The van der Waals surface area contributed by atoms with E-state index in [0.29, 0.717) is 31.0 Å². The van der Waals surface area contributed by atoms with Crippen LogP contribution < -0.4 is 0 Å². The lowest BCUT2D eigenvalue weighted by molar-refractivity contribution is -0.140. The van der Waals surface area contributed by atoms with Crippen LogP contribution in [-0.2, 0) is 14.3 Å². The van der Waals surface area contributed by atoms with Crippen LogP contribution in [0.2, 0.25) is 0 Å². The Kier molecular flexibility index (Phi) is 3.08. The maximum Gasteiger partial charge on any atom is 0.330 e. The maximum atomic E-state index is 10.9. The molecule has 1 fully saturated rings. The number of hydrogen-bond acceptors (Lipinski definition) is 3. The van der Waals surface area contributed by atoms with Gasteiger partial charge in [0.05, 0.1) is 12.7 Å². The molecule has 3 heteroatoms. The van der Waals surface area contributed by atoms with Crippen molar-refractivity contribution in [3.05, 3.63) is 37.0 Å². The van der Waals surface area contributed by atoms with Crippen LogP contribution in [0.4, 0.5) is 0 Å². The summed E-state index contributed by atoms with van der Waals surface area (Å²) in [6.45, 7) is 4.11. The Morgan fingerprint density at radius 1 is 1.22 bits per heavy atom. The summed E-state index contributed by atoms with van der Waals surface area (Å²) in [5.41, 5.74) is 0. The van der Waals surface area contributed by atoms with E-state index in [-0.39, 0.29) is 12.1 Å².